The summed E-state index contributed by atoms with van der Waals surface area (Å²) in [6.07, 6.45) is 3.17. The van der Waals surface area contributed by atoms with E-state index in [4.69, 9.17) is 5.73 Å². The molecule has 0 radical (unpaired) electrons. The molecule has 0 bridgehead atoms. The Morgan fingerprint density at radius 2 is 1.94 bits per heavy atom. The molecule has 3 aromatic rings. The third kappa shape index (κ3) is 1.78. The summed E-state index contributed by atoms with van der Waals surface area (Å²) in [6.45, 7) is 0. The van der Waals surface area contributed by atoms with E-state index in [-0.39, 0.29) is 5.95 Å². The van der Waals surface area contributed by atoms with E-state index in [9.17, 15) is 0 Å². The molecule has 0 atom stereocenters. The topological polar surface area (TPSA) is 77.6 Å². The Kier molecular flexibility index (Phi) is 2.15. The molecule has 0 aliphatic carbocycles. The van der Waals surface area contributed by atoms with Crippen molar-refractivity contribution < 1.29 is 0 Å². The molecular formula is C12H9N5. The van der Waals surface area contributed by atoms with Crippen molar-refractivity contribution in [1.29, 1.82) is 0 Å². The molecule has 0 amide bonds. The van der Waals surface area contributed by atoms with Crippen molar-refractivity contribution in [2.45, 2.75) is 0 Å². The van der Waals surface area contributed by atoms with E-state index in [0.29, 0.717) is 5.82 Å². The SMILES string of the molecule is Nc1ncnc(-c2ccc3ncccc3c2)n1. The highest BCUT2D eigenvalue weighted by atomic mass is 15.1. The summed E-state index contributed by atoms with van der Waals surface area (Å²) in [6, 6.07) is 9.73. The van der Waals surface area contributed by atoms with Gasteiger partial charge in [-0.2, -0.15) is 4.98 Å². The molecule has 5 heteroatoms. The summed E-state index contributed by atoms with van der Waals surface area (Å²) >= 11 is 0. The van der Waals surface area contributed by atoms with Crippen molar-refractivity contribution in [2.75, 3.05) is 5.73 Å². The lowest BCUT2D eigenvalue weighted by Crippen LogP contribution is -1.98. The van der Waals surface area contributed by atoms with Gasteiger partial charge in [0, 0.05) is 17.1 Å². The van der Waals surface area contributed by atoms with E-state index in [1.54, 1.807) is 6.20 Å². The minimum atomic E-state index is 0.223. The lowest BCUT2D eigenvalue weighted by atomic mass is 10.1. The van der Waals surface area contributed by atoms with Crippen LogP contribution in [0.3, 0.4) is 0 Å². The van der Waals surface area contributed by atoms with Crippen molar-refractivity contribution in [3.8, 4) is 11.4 Å². The van der Waals surface area contributed by atoms with Gasteiger partial charge in [0.15, 0.2) is 5.82 Å². The van der Waals surface area contributed by atoms with E-state index in [1.165, 1.54) is 6.33 Å². The lowest BCUT2D eigenvalue weighted by molar-refractivity contribution is 1.07. The number of pyridine rings is 1. The molecule has 3 rings (SSSR count). The van der Waals surface area contributed by atoms with Gasteiger partial charge in [-0.15, -0.1) is 0 Å². The van der Waals surface area contributed by atoms with Gasteiger partial charge in [0.25, 0.3) is 0 Å². The largest absolute Gasteiger partial charge is 0.368 e. The maximum absolute atomic E-state index is 5.53. The van der Waals surface area contributed by atoms with E-state index < -0.39 is 0 Å². The fraction of sp³-hybridized carbons (Fsp3) is 0. The van der Waals surface area contributed by atoms with Crippen LogP contribution in [0.4, 0.5) is 5.95 Å². The Labute approximate surface area is 97.4 Å². The number of nitrogen functional groups attached to an aromatic ring is 1. The van der Waals surface area contributed by atoms with Crippen LogP contribution in [-0.4, -0.2) is 19.9 Å². The third-order valence-corrected chi connectivity index (χ3v) is 2.45. The summed E-state index contributed by atoms with van der Waals surface area (Å²) in [5.41, 5.74) is 7.38. The minimum absolute atomic E-state index is 0.223. The van der Waals surface area contributed by atoms with Gasteiger partial charge < -0.3 is 5.73 Å². The highest BCUT2D eigenvalue weighted by molar-refractivity contribution is 5.83. The van der Waals surface area contributed by atoms with Crippen LogP contribution in [-0.2, 0) is 0 Å². The van der Waals surface area contributed by atoms with Crippen LogP contribution in [0.2, 0.25) is 0 Å². The Hall–Kier alpha value is -2.56. The second-order valence-corrected chi connectivity index (χ2v) is 3.58. The Bertz CT molecular complexity index is 680. The van der Waals surface area contributed by atoms with Gasteiger partial charge in [0.1, 0.15) is 6.33 Å². The zero-order chi connectivity index (χ0) is 11.7. The lowest BCUT2D eigenvalue weighted by Gasteiger charge is -2.02. The summed E-state index contributed by atoms with van der Waals surface area (Å²) in [5.74, 6) is 0.796. The molecule has 0 aliphatic rings. The molecule has 1 aromatic carbocycles. The van der Waals surface area contributed by atoms with Gasteiger partial charge in [0.05, 0.1) is 5.52 Å². The fourth-order valence-electron chi connectivity index (χ4n) is 1.66. The predicted octanol–water partition coefficient (Wildman–Crippen LogP) is 1.67. The quantitative estimate of drug-likeness (QED) is 0.679. The van der Waals surface area contributed by atoms with Crippen molar-refractivity contribution in [3.63, 3.8) is 0 Å². The maximum Gasteiger partial charge on any atom is 0.223 e. The first-order chi connectivity index (χ1) is 8.33. The smallest absolute Gasteiger partial charge is 0.223 e. The number of rotatable bonds is 1. The standard InChI is InChI=1S/C12H9N5/c13-12-16-7-15-11(17-12)9-3-4-10-8(6-9)2-1-5-14-10/h1-7H,(H2,13,15,16,17). The highest BCUT2D eigenvalue weighted by Gasteiger charge is 2.03. The number of fused-ring (bicyclic) bond motifs is 1. The molecular weight excluding hydrogens is 214 g/mol. The monoisotopic (exact) mass is 223 g/mol. The van der Waals surface area contributed by atoms with E-state index in [2.05, 4.69) is 19.9 Å². The van der Waals surface area contributed by atoms with Crippen LogP contribution in [0.1, 0.15) is 0 Å². The van der Waals surface area contributed by atoms with Gasteiger partial charge in [-0.3, -0.25) is 4.98 Å². The summed E-state index contributed by atoms with van der Waals surface area (Å²) in [4.78, 5) is 16.2. The number of anilines is 1. The third-order valence-electron chi connectivity index (χ3n) is 2.45. The Balaban J connectivity index is 2.18. The average molecular weight is 223 g/mol. The first-order valence-corrected chi connectivity index (χ1v) is 5.12. The number of aromatic nitrogens is 4. The van der Waals surface area contributed by atoms with Gasteiger partial charge >= 0.3 is 0 Å². The molecule has 5 nitrogen and oxygen atoms in total. The molecule has 0 spiro atoms. The van der Waals surface area contributed by atoms with Gasteiger partial charge in [-0.1, -0.05) is 6.07 Å². The van der Waals surface area contributed by atoms with Crippen LogP contribution < -0.4 is 5.73 Å². The molecule has 2 heterocycles. The van der Waals surface area contributed by atoms with Crippen molar-refractivity contribution in [3.05, 3.63) is 42.9 Å². The number of hydrogen-bond acceptors (Lipinski definition) is 5. The molecule has 2 aromatic heterocycles. The van der Waals surface area contributed by atoms with Crippen molar-refractivity contribution in [2.24, 2.45) is 0 Å². The van der Waals surface area contributed by atoms with Gasteiger partial charge in [-0.05, 0) is 24.3 Å². The number of benzene rings is 1. The van der Waals surface area contributed by atoms with Crippen LogP contribution in [0.25, 0.3) is 22.3 Å². The average Bonchev–Trinajstić information content (AvgIpc) is 2.38. The Morgan fingerprint density at radius 1 is 1.00 bits per heavy atom. The number of nitrogens with two attached hydrogens (primary N) is 1. The minimum Gasteiger partial charge on any atom is -0.368 e. The predicted molar refractivity (Wildman–Crippen MR) is 65.0 cm³/mol. The first-order valence-electron chi connectivity index (χ1n) is 5.12. The van der Waals surface area contributed by atoms with Crippen LogP contribution in [0, 0.1) is 0 Å². The summed E-state index contributed by atoms with van der Waals surface area (Å²) < 4.78 is 0. The first kappa shape index (κ1) is 9.65. The van der Waals surface area contributed by atoms with Crippen LogP contribution in [0.15, 0.2) is 42.9 Å². The van der Waals surface area contributed by atoms with Gasteiger partial charge in [-0.25, -0.2) is 9.97 Å². The number of nitrogens with zero attached hydrogens (tertiary/aromatic N) is 4. The zero-order valence-electron chi connectivity index (χ0n) is 8.91. The molecule has 0 unspecified atom stereocenters. The normalized spacial score (nSPS) is 10.6. The molecule has 0 saturated carbocycles. The molecule has 0 aliphatic heterocycles. The summed E-state index contributed by atoms with van der Waals surface area (Å²) in [7, 11) is 0. The second-order valence-electron chi connectivity index (χ2n) is 3.58. The van der Waals surface area contributed by atoms with Crippen LogP contribution in [0.5, 0.6) is 0 Å². The summed E-state index contributed by atoms with van der Waals surface area (Å²) in [5, 5.41) is 1.05. The van der Waals surface area contributed by atoms with E-state index in [1.807, 2.05) is 30.3 Å². The van der Waals surface area contributed by atoms with Crippen molar-refractivity contribution in [1.82, 2.24) is 19.9 Å². The second kappa shape index (κ2) is 3.79. The van der Waals surface area contributed by atoms with E-state index in [0.717, 1.165) is 16.5 Å². The zero-order valence-corrected chi connectivity index (χ0v) is 8.91. The molecule has 17 heavy (non-hydrogen) atoms. The molecule has 0 saturated heterocycles. The number of hydrogen-bond donors (Lipinski definition) is 1. The Morgan fingerprint density at radius 3 is 2.82 bits per heavy atom. The molecule has 0 fully saturated rings. The fourth-order valence-corrected chi connectivity index (χ4v) is 1.66. The van der Waals surface area contributed by atoms with Crippen LogP contribution >= 0.6 is 0 Å². The molecule has 82 valence electrons. The highest BCUT2D eigenvalue weighted by Crippen LogP contribution is 2.20. The maximum atomic E-state index is 5.53. The van der Waals surface area contributed by atoms with E-state index >= 15 is 0 Å². The molecule has 2 N–H and O–H groups in total. The van der Waals surface area contributed by atoms with Gasteiger partial charge in [0.2, 0.25) is 5.95 Å². The van der Waals surface area contributed by atoms with Crippen molar-refractivity contribution >= 4 is 16.9 Å².